The first-order valence-corrected chi connectivity index (χ1v) is 7.39. The predicted molar refractivity (Wildman–Crippen MR) is 63.0 cm³/mol. The van der Waals surface area contributed by atoms with Crippen molar-refractivity contribution in [1.29, 1.82) is 0 Å². The highest BCUT2D eigenvalue weighted by molar-refractivity contribution is 8.13. The summed E-state index contributed by atoms with van der Waals surface area (Å²) < 4.78 is 49.9. The topological polar surface area (TPSA) is 88.3 Å². The minimum Gasteiger partial charge on any atom is -0.374 e. The molecule has 108 valence electrons. The van der Waals surface area contributed by atoms with Crippen molar-refractivity contribution in [2.45, 2.75) is 11.3 Å². The SMILES string of the molecule is O=C(NCCOCC(F)F)c1cc(S(=O)(=O)Cl)c[nH]1. The van der Waals surface area contributed by atoms with Crippen LogP contribution < -0.4 is 5.32 Å². The highest BCUT2D eigenvalue weighted by atomic mass is 35.7. The molecule has 0 saturated heterocycles. The Morgan fingerprint density at radius 2 is 2.21 bits per heavy atom. The van der Waals surface area contributed by atoms with Gasteiger partial charge in [-0.15, -0.1) is 0 Å². The van der Waals surface area contributed by atoms with Crippen LogP contribution in [0.4, 0.5) is 8.78 Å². The molecule has 1 heterocycles. The average Bonchev–Trinajstić information content (AvgIpc) is 2.76. The van der Waals surface area contributed by atoms with Gasteiger partial charge in [0.2, 0.25) is 0 Å². The summed E-state index contributed by atoms with van der Waals surface area (Å²) in [6.45, 7) is -0.752. The van der Waals surface area contributed by atoms with Crippen LogP contribution in [-0.2, 0) is 13.8 Å². The molecule has 0 radical (unpaired) electrons. The molecule has 19 heavy (non-hydrogen) atoms. The van der Waals surface area contributed by atoms with Gasteiger partial charge >= 0.3 is 0 Å². The van der Waals surface area contributed by atoms with E-state index in [1.807, 2.05) is 0 Å². The molecule has 1 rings (SSSR count). The van der Waals surface area contributed by atoms with Crippen molar-refractivity contribution < 1.29 is 26.7 Å². The standard InChI is InChI=1S/C9H11ClF2N2O4S/c10-19(16,17)6-3-7(14-4-6)9(15)13-1-2-18-5-8(11)12/h3-4,8,14H,1-2,5H2,(H,13,15). The van der Waals surface area contributed by atoms with Crippen molar-refractivity contribution in [1.82, 2.24) is 10.3 Å². The summed E-state index contributed by atoms with van der Waals surface area (Å²) in [6, 6.07) is 1.07. The van der Waals surface area contributed by atoms with Gasteiger partial charge in [0.1, 0.15) is 17.2 Å². The largest absolute Gasteiger partial charge is 0.374 e. The first-order chi connectivity index (χ1) is 8.80. The highest BCUT2D eigenvalue weighted by Gasteiger charge is 2.15. The van der Waals surface area contributed by atoms with E-state index >= 15 is 0 Å². The number of hydrogen-bond acceptors (Lipinski definition) is 4. The van der Waals surface area contributed by atoms with Gasteiger partial charge in [0, 0.05) is 23.4 Å². The molecule has 0 aliphatic rings. The molecule has 0 bridgehead atoms. The number of carbonyl (C=O) groups excluding carboxylic acids is 1. The molecule has 10 heteroatoms. The van der Waals surface area contributed by atoms with Gasteiger partial charge in [-0.2, -0.15) is 0 Å². The molecule has 0 fully saturated rings. The number of amides is 1. The van der Waals surface area contributed by atoms with Gasteiger partial charge in [0.05, 0.1) is 6.61 Å². The van der Waals surface area contributed by atoms with Crippen molar-refractivity contribution in [2.75, 3.05) is 19.8 Å². The van der Waals surface area contributed by atoms with Crippen molar-refractivity contribution in [3.8, 4) is 0 Å². The smallest absolute Gasteiger partial charge is 0.267 e. The Bertz CT molecular complexity index is 532. The summed E-state index contributed by atoms with van der Waals surface area (Å²) >= 11 is 0. The van der Waals surface area contributed by atoms with E-state index in [0.717, 1.165) is 12.3 Å². The van der Waals surface area contributed by atoms with Crippen molar-refractivity contribution in [3.63, 3.8) is 0 Å². The predicted octanol–water partition coefficient (Wildman–Crippen LogP) is 0.954. The number of aromatic amines is 1. The first kappa shape index (κ1) is 15.9. The lowest BCUT2D eigenvalue weighted by molar-refractivity contribution is 0.0188. The van der Waals surface area contributed by atoms with Crippen LogP contribution in [0, 0.1) is 0 Å². The number of nitrogens with one attached hydrogen (secondary N) is 2. The van der Waals surface area contributed by atoms with Crippen molar-refractivity contribution in [2.24, 2.45) is 0 Å². The van der Waals surface area contributed by atoms with E-state index in [4.69, 9.17) is 10.7 Å². The molecule has 2 N–H and O–H groups in total. The molecular weight excluding hydrogens is 306 g/mol. The zero-order chi connectivity index (χ0) is 14.5. The van der Waals surface area contributed by atoms with E-state index in [1.165, 1.54) is 0 Å². The first-order valence-electron chi connectivity index (χ1n) is 5.08. The number of aromatic nitrogens is 1. The highest BCUT2D eigenvalue weighted by Crippen LogP contribution is 2.15. The number of carbonyl (C=O) groups is 1. The van der Waals surface area contributed by atoms with Gasteiger partial charge < -0.3 is 15.0 Å². The molecule has 0 atom stereocenters. The maximum atomic E-state index is 11.7. The quantitative estimate of drug-likeness (QED) is 0.579. The van der Waals surface area contributed by atoms with Crippen LogP contribution in [0.5, 0.6) is 0 Å². The number of H-pyrrole nitrogens is 1. The summed E-state index contributed by atoms with van der Waals surface area (Å²) in [5.41, 5.74) is -0.00640. The molecule has 1 aromatic rings. The lowest BCUT2D eigenvalue weighted by Gasteiger charge is -2.04. The third-order valence-corrected chi connectivity index (χ3v) is 3.29. The lowest BCUT2D eigenvalue weighted by Crippen LogP contribution is -2.28. The Morgan fingerprint density at radius 1 is 1.53 bits per heavy atom. The van der Waals surface area contributed by atoms with Gasteiger partial charge in [-0.1, -0.05) is 0 Å². The normalized spacial score (nSPS) is 11.8. The molecule has 0 unspecified atom stereocenters. The zero-order valence-electron chi connectivity index (χ0n) is 9.53. The van der Waals surface area contributed by atoms with E-state index in [-0.39, 0.29) is 23.7 Å². The number of rotatable bonds is 7. The van der Waals surface area contributed by atoms with E-state index in [0.29, 0.717) is 0 Å². The van der Waals surface area contributed by atoms with E-state index in [9.17, 15) is 22.0 Å². The third kappa shape index (κ3) is 5.53. The number of alkyl halides is 2. The van der Waals surface area contributed by atoms with Crippen LogP contribution in [0.2, 0.25) is 0 Å². The van der Waals surface area contributed by atoms with Crippen molar-refractivity contribution in [3.05, 3.63) is 18.0 Å². The maximum absolute atomic E-state index is 11.7. The minimum absolute atomic E-state index is 0.00640. The molecule has 1 amide bonds. The molecular formula is C9H11ClF2N2O4S. The molecule has 6 nitrogen and oxygen atoms in total. The molecule has 0 spiro atoms. The van der Waals surface area contributed by atoms with Gasteiger partial charge in [-0.3, -0.25) is 4.79 Å². The molecule has 1 aromatic heterocycles. The van der Waals surface area contributed by atoms with Crippen LogP contribution in [0.1, 0.15) is 10.5 Å². The molecule has 0 saturated carbocycles. The molecule has 0 aliphatic carbocycles. The van der Waals surface area contributed by atoms with Crippen LogP contribution >= 0.6 is 10.7 Å². The van der Waals surface area contributed by atoms with Crippen LogP contribution in [0.3, 0.4) is 0 Å². The fraction of sp³-hybridized carbons (Fsp3) is 0.444. The van der Waals surface area contributed by atoms with Crippen LogP contribution in [0.25, 0.3) is 0 Å². The fourth-order valence-electron chi connectivity index (χ4n) is 1.15. The second-order valence-corrected chi connectivity index (χ2v) is 5.97. The Hall–Kier alpha value is -1.19. The monoisotopic (exact) mass is 316 g/mol. The Kier molecular flexibility index (Phi) is 5.70. The van der Waals surface area contributed by atoms with Crippen molar-refractivity contribution >= 4 is 25.6 Å². The minimum atomic E-state index is -3.90. The number of halogens is 3. The zero-order valence-corrected chi connectivity index (χ0v) is 11.1. The summed E-state index contributed by atoms with van der Waals surface area (Å²) in [5.74, 6) is -0.591. The second kappa shape index (κ2) is 6.83. The Balaban J connectivity index is 2.40. The van der Waals surface area contributed by atoms with E-state index in [1.54, 1.807) is 0 Å². The van der Waals surface area contributed by atoms with E-state index in [2.05, 4.69) is 15.0 Å². The van der Waals surface area contributed by atoms with Gasteiger partial charge in [-0.25, -0.2) is 17.2 Å². The third-order valence-electron chi connectivity index (χ3n) is 1.96. The summed E-state index contributed by atoms with van der Waals surface area (Å²) in [4.78, 5) is 13.7. The second-order valence-electron chi connectivity index (χ2n) is 3.41. The van der Waals surface area contributed by atoms with Gasteiger partial charge in [-0.05, 0) is 6.07 Å². The number of ether oxygens (including phenoxy) is 1. The fourth-order valence-corrected chi connectivity index (χ4v) is 1.88. The Morgan fingerprint density at radius 3 is 2.74 bits per heavy atom. The van der Waals surface area contributed by atoms with Gasteiger partial charge in [0.15, 0.2) is 0 Å². The summed E-state index contributed by atoms with van der Waals surface area (Å²) in [6.07, 6.45) is -1.49. The summed E-state index contributed by atoms with van der Waals surface area (Å²) in [5, 5.41) is 2.36. The van der Waals surface area contributed by atoms with Crippen LogP contribution in [-0.4, -0.2) is 45.5 Å². The summed E-state index contributed by atoms with van der Waals surface area (Å²) in [7, 11) is 1.18. The Labute approximate surface area is 112 Å². The number of hydrogen-bond donors (Lipinski definition) is 2. The van der Waals surface area contributed by atoms with Gasteiger partial charge in [0.25, 0.3) is 21.4 Å². The molecule has 0 aromatic carbocycles. The average molecular weight is 317 g/mol. The lowest BCUT2D eigenvalue weighted by atomic mass is 10.4. The molecule has 0 aliphatic heterocycles. The van der Waals surface area contributed by atoms with E-state index < -0.39 is 28.0 Å². The van der Waals surface area contributed by atoms with Crippen LogP contribution in [0.15, 0.2) is 17.2 Å². The maximum Gasteiger partial charge on any atom is 0.267 e.